The lowest BCUT2D eigenvalue weighted by Gasteiger charge is -2.16. The number of carbonyl (C=O) groups is 1. The molecule has 0 aliphatic carbocycles. The van der Waals surface area contributed by atoms with Crippen molar-refractivity contribution >= 4 is 16.8 Å². The molecule has 0 fully saturated rings. The SMILES string of the molecule is CCC(CC)C(C)C(=O)Cl. The van der Waals surface area contributed by atoms with Crippen LogP contribution in [0.1, 0.15) is 33.6 Å². The second-order valence-electron chi connectivity index (χ2n) is 2.67. The first-order valence-corrected chi connectivity index (χ1v) is 4.20. The number of hydrogen-bond donors (Lipinski definition) is 0. The minimum absolute atomic E-state index is 0.0247. The summed E-state index contributed by atoms with van der Waals surface area (Å²) in [5, 5.41) is -0.200. The molecule has 0 aromatic carbocycles. The number of rotatable bonds is 4. The van der Waals surface area contributed by atoms with Crippen LogP contribution in [0, 0.1) is 11.8 Å². The van der Waals surface area contributed by atoms with Crippen LogP contribution in [-0.4, -0.2) is 5.24 Å². The molecule has 60 valence electrons. The molecule has 1 atom stereocenters. The van der Waals surface area contributed by atoms with Crippen LogP contribution in [0.15, 0.2) is 0 Å². The van der Waals surface area contributed by atoms with Gasteiger partial charge >= 0.3 is 0 Å². The molecule has 10 heavy (non-hydrogen) atoms. The summed E-state index contributed by atoms with van der Waals surface area (Å²) in [6.07, 6.45) is 2.08. The maximum Gasteiger partial charge on any atom is 0.224 e. The van der Waals surface area contributed by atoms with E-state index in [9.17, 15) is 4.79 Å². The zero-order chi connectivity index (χ0) is 8.15. The van der Waals surface area contributed by atoms with E-state index in [4.69, 9.17) is 11.6 Å². The molecule has 0 N–H and O–H groups in total. The molecular formula is C8H15ClO. The molecule has 0 aromatic heterocycles. The summed E-state index contributed by atoms with van der Waals surface area (Å²) in [6.45, 7) is 6.07. The number of carbonyl (C=O) groups excluding carboxylic acids is 1. The quantitative estimate of drug-likeness (QED) is 0.581. The van der Waals surface area contributed by atoms with Gasteiger partial charge in [-0.15, -0.1) is 0 Å². The largest absolute Gasteiger partial charge is 0.281 e. The van der Waals surface area contributed by atoms with E-state index < -0.39 is 0 Å². The maximum absolute atomic E-state index is 10.7. The molecule has 0 spiro atoms. The molecular weight excluding hydrogens is 148 g/mol. The van der Waals surface area contributed by atoms with E-state index >= 15 is 0 Å². The van der Waals surface area contributed by atoms with Gasteiger partial charge < -0.3 is 0 Å². The van der Waals surface area contributed by atoms with Gasteiger partial charge in [0.05, 0.1) is 0 Å². The molecule has 0 aliphatic rings. The number of halogens is 1. The summed E-state index contributed by atoms with van der Waals surface area (Å²) in [4.78, 5) is 10.7. The maximum atomic E-state index is 10.7. The molecule has 0 heterocycles. The molecule has 0 bridgehead atoms. The Hall–Kier alpha value is -0.0400. The molecule has 0 amide bonds. The van der Waals surface area contributed by atoms with E-state index in [1.807, 2.05) is 6.92 Å². The van der Waals surface area contributed by atoms with Crippen LogP contribution in [0.4, 0.5) is 0 Å². The van der Waals surface area contributed by atoms with Gasteiger partial charge in [0.15, 0.2) is 0 Å². The van der Waals surface area contributed by atoms with Crippen LogP contribution in [0.25, 0.3) is 0 Å². The smallest absolute Gasteiger partial charge is 0.224 e. The fourth-order valence-electron chi connectivity index (χ4n) is 1.18. The van der Waals surface area contributed by atoms with Crippen molar-refractivity contribution in [2.45, 2.75) is 33.6 Å². The van der Waals surface area contributed by atoms with Crippen LogP contribution in [-0.2, 0) is 4.79 Å². The van der Waals surface area contributed by atoms with Crippen molar-refractivity contribution in [2.24, 2.45) is 11.8 Å². The summed E-state index contributed by atoms with van der Waals surface area (Å²) in [6, 6.07) is 0. The van der Waals surface area contributed by atoms with Crippen molar-refractivity contribution in [2.75, 3.05) is 0 Å². The predicted molar refractivity (Wildman–Crippen MR) is 44.1 cm³/mol. The Morgan fingerprint density at radius 2 is 1.80 bits per heavy atom. The normalized spacial score (nSPS) is 13.7. The fourth-order valence-corrected chi connectivity index (χ4v) is 1.36. The average molecular weight is 163 g/mol. The zero-order valence-electron chi connectivity index (χ0n) is 6.86. The van der Waals surface area contributed by atoms with Gasteiger partial charge in [-0.2, -0.15) is 0 Å². The monoisotopic (exact) mass is 162 g/mol. The average Bonchev–Trinajstić information content (AvgIpc) is 1.90. The first-order chi connectivity index (χ1) is 4.63. The van der Waals surface area contributed by atoms with Gasteiger partial charge in [0.2, 0.25) is 5.24 Å². The minimum atomic E-state index is -0.200. The zero-order valence-corrected chi connectivity index (χ0v) is 7.61. The van der Waals surface area contributed by atoms with Crippen molar-refractivity contribution < 1.29 is 4.79 Å². The summed E-state index contributed by atoms with van der Waals surface area (Å²) < 4.78 is 0. The van der Waals surface area contributed by atoms with E-state index in [0.717, 1.165) is 12.8 Å². The van der Waals surface area contributed by atoms with Gasteiger partial charge in [-0.05, 0) is 17.5 Å². The van der Waals surface area contributed by atoms with Crippen LogP contribution < -0.4 is 0 Å². The predicted octanol–water partition coefficient (Wildman–Crippen LogP) is 2.82. The molecule has 0 saturated carbocycles. The van der Waals surface area contributed by atoms with E-state index in [2.05, 4.69) is 13.8 Å². The lowest BCUT2D eigenvalue weighted by atomic mass is 9.90. The van der Waals surface area contributed by atoms with Crippen LogP contribution in [0.3, 0.4) is 0 Å². The third-order valence-corrected chi connectivity index (χ3v) is 2.46. The van der Waals surface area contributed by atoms with Gasteiger partial charge in [0, 0.05) is 5.92 Å². The third-order valence-electron chi connectivity index (χ3n) is 2.11. The van der Waals surface area contributed by atoms with Gasteiger partial charge in [0.25, 0.3) is 0 Å². The minimum Gasteiger partial charge on any atom is -0.281 e. The van der Waals surface area contributed by atoms with E-state index in [1.165, 1.54) is 0 Å². The highest BCUT2D eigenvalue weighted by atomic mass is 35.5. The highest BCUT2D eigenvalue weighted by Crippen LogP contribution is 2.20. The van der Waals surface area contributed by atoms with Gasteiger partial charge in [-0.3, -0.25) is 4.79 Å². The van der Waals surface area contributed by atoms with Crippen molar-refractivity contribution in [1.82, 2.24) is 0 Å². The van der Waals surface area contributed by atoms with Crippen LogP contribution in [0.2, 0.25) is 0 Å². The van der Waals surface area contributed by atoms with Gasteiger partial charge in [-0.1, -0.05) is 33.6 Å². The topological polar surface area (TPSA) is 17.1 Å². The van der Waals surface area contributed by atoms with Crippen molar-refractivity contribution in [3.8, 4) is 0 Å². The first-order valence-electron chi connectivity index (χ1n) is 3.82. The molecule has 0 saturated heterocycles. The fraction of sp³-hybridized carbons (Fsp3) is 0.875. The molecule has 2 heteroatoms. The summed E-state index contributed by atoms with van der Waals surface area (Å²) in [7, 11) is 0. The van der Waals surface area contributed by atoms with Crippen molar-refractivity contribution in [3.63, 3.8) is 0 Å². The lowest BCUT2D eigenvalue weighted by Crippen LogP contribution is -2.15. The second-order valence-corrected chi connectivity index (χ2v) is 3.04. The Bertz CT molecular complexity index is 108. The lowest BCUT2D eigenvalue weighted by molar-refractivity contribution is -0.116. The summed E-state index contributed by atoms with van der Waals surface area (Å²) in [5.74, 6) is 0.488. The van der Waals surface area contributed by atoms with E-state index in [0.29, 0.717) is 5.92 Å². The third kappa shape index (κ3) is 2.70. The number of hydrogen-bond acceptors (Lipinski definition) is 1. The standard InChI is InChI=1S/C8H15ClO/c1-4-7(5-2)6(3)8(9)10/h6-7H,4-5H2,1-3H3. The van der Waals surface area contributed by atoms with Gasteiger partial charge in [-0.25, -0.2) is 0 Å². The van der Waals surface area contributed by atoms with E-state index in [1.54, 1.807) is 0 Å². The van der Waals surface area contributed by atoms with Gasteiger partial charge in [0.1, 0.15) is 0 Å². The Morgan fingerprint density at radius 3 is 1.90 bits per heavy atom. The molecule has 0 radical (unpaired) electrons. The van der Waals surface area contributed by atoms with Crippen molar-refractivity contribution in [3.05, 3.63) is 0 Å². The Morgan fingerprint density at radius 1 is 1.40 bits per heavy atom. The summed E-state index contributed by atoms with van der Waals surface area (Å²) in [5.41, 5.74) is 0. The highest BCUT2D eigenvalue weighted by molar-refractivity contribution is 6.63. The van der Waals surface area contributed by atoms with Crippen LogP contribution in [0.5, 0.6) is 0 Å². The second kappa shape index (κ2) is 4.73. The van der Waals surface area contributed by atoms with E-state index in [-0.39, 0.29) is 11.2 Å². The molecule has 1 unspecified atom stereocenters. The molecule has 0 aromatic rings. The highest BCUT2D eigenvalue weighted by Gasteiger charge is 2.18. The molecule has 0 aliphatic heterocycles. The van der Waals surface area contributed by atoms with Crippen molar-refractivity contribution in [1.29, 1.82) is 0 Å². The summed E-state index contributed by atoms with van der Waals surface area (Å²) >= 11 is 5.34. The first kappa shape index (κ1) is 9.96. The Kier molecular flexibility index (Phi) is 4.71. The Balaban J connectivity index is 3.88. The Labute approximate surface area is 67.8 Å². The van der Waals surface area contributed by atoms with Crippen LogP contribution >= 0.6 is 11.6 Å². The molecule has 0 rings (SSSR count). The molecule has 1 nitrogen and oxygen atoms in total.